The zero-order valence-corrected chi connectivity index (χ0v) is 14.4. The van der Waals surface area contributed by atoms with Crippen LogP contribution < -0.4 is 0 Å². The minimum Gasteiger partial charge on any atom is -0.353 e. The van der Waals surface area contributed by atoms with E-state index in [9.17, 15) is 0 Å². The Hall–Kier alpha value is -3.03. The summed E-state index contributed by atoms with van der Waals surface area (Å²) in [7, 11) is 0. The number of hydrogen-bond donors (Lipinski definition) is 0. The molecule has 0 radical (unpaired) electrons. The van der Waals surface area contributed by atoms with Crippen molar-refractivity contribution >= 4 is 0 Å². The molecule has 3 heteroatoms. The van der Waals surface area contributed by atoms with Gasteiger partial charge in [-0.3, -0.25) is 0 Å². The molecule has 26 heavy (non-hydrogen) atoms. The van der Waals surface area contributed by atoms with Gasteiger partial charge in [0, 0.05) is 29.2 Å². The van der Waals surface area contributed by atoms with Crippen molar-refractivity contribution in [3.05, 3.63) is 71.3 Å². The molecule has 0 aliphatic carbocycles. The van der Waals surface area contributed by atoms with Crippen LogP contribution in [-0.4, -0.2) is 12.9 Å². The topological polar surface area (TPSA) is 42.2 Å². The number of nitrogens with zero attached hydrogens (tertiary/aromatic N) is 1. The molecule has 0 aromatic heterocycles. The summed E-state index contributed by atoms with van der Waals surface area (Å²) in [5.74, 6) is 11.7. The highest BCUT2D eigenvalue weighted by Crippen LogP contribution is 2.26. The van der Waals surface area contributed by atoms with Gasteiger partial charge in [-0.25, -0.2) is 0 Å². The van der Waals surface area contributed by atoms with Gasteiger partial charge in [-0.05, 0) is 37.5 Å². The maximum atomic E-state index is 8.77. The summed E-state index contributed by atoms with van der Waals surface area (Å²) in [6.45, 7) is 0.708. The lowest BCUT2D eigenvalue weighted by Gasteiger charge is -2.26. The number of hydrogen-bond acceptors (Lipinski definition) is 3. The van der Waals surface area contributed by atoms with Crippen LogP contribution >= 0.6 is 0 Å². The monoisotopic (exact) mass is 341 g/mol. The molecule has 2 atom stereocenters. The van der Waals surface area contributed by atoms with E-state index in [-0.39, 0.29) is 6.29 Å². The molecule has 128 valence electrons. The molecule has 1 aliphatic rings. The van der Waals surface area contributed by atoms with Crippen molar-refractivity contribution < 1.29 is 9.47 Å². The molecule has 0 saturated carbocycles. The molecule has 0 bridgehead atoms. The zero-order chi connectivity index (χ0) is 18.0. The Labute approximate surface area is 154 Å². The SMILES string of the molecule is N#CC#Cc1ccccc1C(C#Cc1ccccc1)OC1CCCCO1. The molecule has 1 aliphatic heterocycles. The highest BCUT2D eigenvalue weighted by Gasteiger charge is 2.21. The van der Waals surface area contributed by atoms with Crippen LogP contribution in [0.4, 0.5) is 0 Å². The smallest absolute Gasteiger partial charge is 0.159 e. The predicted octanol–water partition coefficient (Wildman–Crippen LogP) is 4.20. The quantitative estimate of drug-likeness (QED) is 0.786. The van der Waals surface area contributed by atoms with E-state index in [4.69, 9.17) is 14.7 Å². The molecule has 1 fully saturated rings. The molecule has 1 heterocycles. The van der Waals surface area contributed by atoms with Crippen LogP contribution in [0.2, 0.25) is 0 Å². The van der Waals surface area contributed by atoms with Gasteiger partial charge in [-0.2, -0.15) is 5.26 Å². The van der Waals surface area contributed by atoms with E-state index in [0.717, 1.165) is 36.0 Å². The second-order valence-electron chi connectivity index (χ2n) is 5.90. The molecule has 0 N–H and O–H groups in total. The maximum absolute atomic E-state index is 8.77. The summed E-state index contributed by atoms with van der Waals surface area (Å²) in [4.78, 5) is 0. The van der Waals surface area contributed by atoms with Gasteiger partial charge in [-0.15, -0.1) is 0 Å². The highest BCUT2D eigenvalue weighted by molar-refractivity contribution is 5.47. The van der Waals surface area contributed by atoms with Crippen molar-refractivity contribution in [2.45, 2.75) is 31.7 Å². The first kappa shape index (κ1) is 17.8. The Morgan fingerprint density at radius 2 is 1.81 bits per heavy atom. The fraction of sp³-hybridized carbons (Fsp3) is 0.261. The van der Waals surface area contributed by atoms with Crippen LogP contribution in [0, 0.1) is 35.0 Å². The summed E-state index contributed by atoms with van der Waals surface area (Å²) in [5, 5.41) is 8.77. The summed E-state index contributed by atoms with van der Waals surface area (Å²) in [6.07, 6.45) is 2.26. The first-order chi connectivity index (χ1) is 12.9. The summed E-state index contributed by atoms with van der Waals surface area (Å²) in [5.41, 5.74) is 2.52. The van der Waals surface area contributed by atoms with E-state index in [0.29, 0.717) is 6.61 Å². The molecule has 2 aromatic carbocycles. The third-order valence-electron chi connectivity index (χ3n) is 4.04. The summed E-state index contributed by atoms with van der Waals surface area (Å²) >= 11 is 0. The van der Waals surface area contributed by atoms with Crippen molar-refractivity contribution in [3.63, 3.8) is 0 Å². The number of nitriles is 1. The fourth-order valence-corrected chi connectivity index (χ4v) is 2.76. The molecule has 3 nitrogen and oxygen atoms in total. The molecule has 1 saturated heterocycles. The molecule has 3 rings (SSSR count). The molecule has 2 unspecified atom stereocenters. The highest BCUT2D eigenvalue weighted by atomic mass is 16.7. The Morgan fingerprint density at radius 1 is 1.00 bits per heavy atom. The fourth-order valence-electron chi connectivity index (χ4n) is 2.76. The van der Waals surface area contributed by atoms with Crippen molar-refractivity contribution in [3.8, 4) is 29.8 Å². The Morgan fingerprint density at radius 3 is 2.58 bits per heavy atom. The van der Waals surface area contributed by atoms with Gasteiger partial charge in [0.1, 0.15) is 6.10 Å². The molecular weight excluding hydrogens is 322 g/mol. The van der Waals surface area contributed by atoms with Crippen LogP contribution in [0.5, 0.6) is 0 Å². The van der Waals surface area contributed by atoms with Gasteiger partial charge in [0.05, 0.1) is 0 Å². The largest absolute Gasteiger partial charge is 0.353 e. The van der Waals surface area contributed by atoms with Crippen molar-refractivity contribution in [2.75, 3.05) is 6.61 Å². The molecule has 0 spiro atoms. The van der Waals surface area contributed by atoms with Gasteiger partial charge in [0.15, 0.2) is 12.4 Å². The van der Waals surface area contributed by atoms with E-state index in [1.54, 1.807) is 0 Å². The van der Waals surface area contributed by atoms with E-state index in [1.165, 1.54) is 0 Å². The molecule has 0 amide bonds. The number of ether oxygens (including phenoxy) is 2. The average molecular weight is 341 g/mol. The summed E-state index contributed by atoms with van der Waals surface area (Å²) in [6, 6.07) is 19.3. The lowest BCUT2D eigenvalue weighted by molar-refractivity contribution is -0.178. The van der Waals surface area contributed by atoms with Gasteiger partial charge in [0.2, 0.25) is 0 Å². The summed E-state index contributed by atoms with van der Waals surface area (Å²) < 4.78 is 11.9. The van der Waals surface area contributed by atoms with E-state index >= 15 is 0 Å². The van der Waals surface area contributed by atoms with Crippen molar-refractivity contribution in [1.82, 2.24) is 0 Å². The minimum atomic E-state index is -0.470. The normalized spacial score (nSPS) is 17.0. The molecular formula is C23H19NO2. The standard InChI is InChI=1S/C23H19NO2/c24-17-8-12-20-11-4-5-13-21(20)22(26-23-14-6-7-18-25-23)16-15-19-9-2-1-3-10-19/h1-5,9-11,13,22-23H,6-7,14,18H2. The zero-order valence-electron chi connectivity index (χ0n) is 14.4. The Balaban J connectivity index is 1.93. The third-order valence-corrected chi connectivity index (χ3v) is 4.04. The lowest BCUT2D eigenvalue weighted by atomic mass is 10.0. The second-order valence-corrected chi connectivity index (χ2v) is 5.90. The average Bonchev–Trinajstić information content (AvgIpc) is 2.71. The Bertz CT molecular complexity index is 885. The van der Waals surface area contributed by atoms with Gasteiger partial charge >= 0.3 is 0 Å². The van der Waals surface area contributed by atoms with E-state index < -0.39 is 6.10 Å². The van der Waals surface area contributed by atoms with Gasteiger partial charge < -0.3 is 9.47 Å². The minimum absolute atomic E-state index is 0.268. The van der Waals surface area contributed by atoms with Crippen LogP contribution in [0.15, 0.2) is 54.6 Å². The maximum Gasteiger partial charge on any atom is 0.159 e. The number of benzene rings is 2. The molecule has 2 aromatic rings. The van der Waals surface area contributed by atoms with E-state index in [2.05, 4.69) is 23.7 Å². The first-order valence-corrected chi connectivity index (χ1v) is 8.69. The van der Waals surface area contributed by atoms with Crippen molar-refractivity contribution in [2.24, 2.45) is 0 Å². The first-order valence-electron chi connectivity index (χ1n) is 8.69. The predicted molar refractivity (Wildman–Crippen MR) is 99.7 cm³/mol. The van der Waals surface area contributed by atoms with Crippen molar-refractivity contribution in [1.29, 1.82) is 5.26 Å². The van der Waals surface area contributed by atoms with Gasteiger partial charge in [-0.1, -0.05) is 54.2 Å². The number of rotatable bonds is 3. The van der Waals surface area contributed by atoms with Crippen LogP contribution in [0.3, 0.4) is 0 Å². The van der Waals surface area contributed by atoms with E-state index in [1.807, 2.05) is 60.7 Å². The van der Waals surface area contributed by atoms with Crippen LogP contribution in [0.1, 0.15) is 42.1 Å². The second kappa shape index (κ2) is 9.45. The van der Waals surface area contributed by atoms with Crippen LogP contribution in [-0.2, 0) is 9.47 Å². The lowest BCUT2D eigenvalue weighted by Crippen LogP contribution is -2.24. The van der Waals surface area contributed by atoms with Gasteiger partial charge in [0.25, 0.3) is 0 Å². The third kappa shape index (κ3) is 4.98. The van der Waals surface area contributed by atoms with Crippen LogP contribution in [0.25, 0.3) is 0 Å². The Kier molecular flexibility index (Phi) is 6.46.